The lowest BCUT2D eigenvalue weighted by molar-refractivity contribution is -0.146. The Morgan fingerprint density at radius 1 is 1.41 bits per heavy atom. The van der Waals surface area contributed by atoms with E-state index in [9.17, 15) is 14.4 Å². The second-order valence-corrected chi connectivity index (χ2v) is 5.49. The molecule has 96 valence electrons. The lowest BCUT2D eigenvalue weighted by Gasteiger charge is -2.23. The van der Waals surface area contributed by atoms with Crippen LogP contribution in [0, 0.1) is 5.92 Å². The van der Waals surface area contributed by atoms with E-state index in [4.69, 9.17) is 5.11 Å². The molecule has 0 aromatic rings. The van der Waals surface area contributed by atoms with E-state index >= 15 is 0 Å². The highest BCUT2D eigenvalue weighted by Gasteiger charge is 2.35. The van der Waals surface area contributed by atoms with Gasteiger partial charge in [-0.25, -0.2) is 0 Å². The van der Waals surface area contributed by atoms with Gasteiger partial charge >= 0.3 is 5.97 Å². The maximum atomic E-state index is 12.0. The van der Waals surface area contributed by atoms with Gasteiger partial charge in [-0.05, 0) is 12.8 Å². The molecule has 0 unspecified atom stereocenters. The Morgan fingerprint density at radius 3 is 2.41 bits per heavy atom. The maximum Gasteiger partial charge on any atom is 0.323 e. The molecule has 5 nitrogen and oxygen atoms in total. The summed E-state index contributed by atoms with van der Waals surface area (Å²) in [5.41, 5.74) is 0. The van der Waals surface area contributed by atoms with Gasteiger partial charge in [-0.15, -0.1) is 0 Å². The fourth-order valence-electron chi connectivity index (χ4n) is 1.52. The summed E-state index contributed by atoms with van der Waals surface area (Å²) < 4.78 is 0. The second-order valence-electron chi connectivity index (χ2n) is 4.29. The van der Waals surface area contributed by atoms with Crippen LogP contribution in [0.4, 0.5) is 0 Å². The first-order valence-electron chi connectivity index (χ1n) is 5.57. The third kappa shape index (κ3) is 4.77. The largest absolute Gasteiger partial charge is 0.480 e. The molecule has 1 amide bonds. The van der Waals surface area contributed by atoms with Crippen molar-refractivity contribution in [2.24, 2.45) is 5.92 Å². The topological polar surface area (TPSA) is 74.7 Å². The van der Waals surface area contributed by atoms with Gasteiger partial charge in [0, 0.05) is 24.6 Å². The summed E-state index contributed by atoms with van der Waals surface area (Å²) >= 11 is 1.10. The van der Waals surface area contributed by atoms with Crippen LogP contribution in [0.25, 0.3) is 0 Å². The van der Waals surface area contributed by atoms with Gasteiger partial charge in [0.15, 0.2) is 5.12 Å². The molecule has 1 fully saturated rings. The summed E-state index contributed by atoms with van der Waals surface area (Å²) in [6.07, 6.45) is 1.76. The average Bonchev–Trinajstić information content (AvgIpc) is 3.04. The van der Waals surface area contributed by atoms with E-state index < -0.39 is 5.97 Å². The Balaban J connectivity index is 2.51. The van der Waals surface area contributed by atoms with E-state index in [2.05, 4.69) is 0 Å². The molecule has 1 atom stereocenters. The number of amides is 1. The first-order valence-corrected chi connectivity index (χ1v) is 6.56. The van der Waals surface area contributed by atoms with Crippen molar-refractivity contribution in [3.8, 4) is 0 Å². The third-order valence-electron chi connectivity index (χ3n) is 2.53. The predicted molar refractivity (Wildman–Crippen MR) is 64.7 cm³/mol. The number of rotatable bonds is 6. The molecule has 1 rings (SSSR count). The van der Waals surface area contributed by atoms with Gasteiger partial charge in [0.05, 0.1) is 0 Å². The SMILES string of the molecule is CC(=O)SC[C@@H](C)C(=O)N(CC(=O)O)C1CC1. The van der Waals surface area contributed by atoms with Crippen LogP contribution in [0.1, 0.15) is 26.7 Å². The predicted octanol–water partition coefficient (Wildman–Crippen LogP) is 0.978. The third-order valence-corrected chi connectivity index (χ3v) is 3.61. The van der Waals surface area contributed by atoms with Gasteiger partial charge in [-0.1, -0.05) is 18.7 Å². The lowest BCUT2D eigenvalue weighted by atomic mass is 10.2. The molecule has 6 heteroatoms. The van der Waals surface area contributed by atoms with Crippen molar-refractivity contribution in [3.05, 3.63) is 0 Å². The zero-order chi connectivity index (χ0) is 13.0. The van der Waals surface area contributed by atoms with Crippen molar-refractivity contribution in [2.45, 2.75) is 32.7 Å². The van der Waals surface area contributed by atoms with Crippen molar-refractivity contribution < 1.29 is 19.5 Å². The zero-order valence-corrected chi connectivity index (χ0v) is 10.8. The van der Waals surface area contributed by atoms with Gasteiger partial charge in [-0.2, -0.15) is 0 Å². The minimum absolute atomic E-state index is 0.0270. The van der Waals surface area contributed by atoms with Crippen LogP contribution < -0.4 is 0 Å². The number of hydrogen-bond donors (Lipinski definition) is 1. The number of nitrogens with zero attached hydrogens (tertiary/aromatic N) is 1. The molecule has 1 aliphatic rings. The highest BCUT2D eigenvalue weighted by molar-refractivity contribution is 8.13. The van der Waals surface area contributed by atoms with E-state index in [1.807, 2.05) is 0 Å². The van der Waals surface area contributed by atoms with Crippen LogP contribution in [0.2, 0.25) is 0 Å². The fraction of sp³-hybridized carbons (Fsp3) is 0.727. The van der Waals surface area contributed by atoms with Crippen molar-refractivity contribution in [2.75, 3.05) is 12.3 Å². The minimum Gasteiger partial charge on any atom is -0.480 e. The van der Waals surface area contributed by atoms with Crippen LogP contribution >= 0.6 is 11.8 Å². The Labute approximate surface area is 105 Å². The van der Waals surface area contributed by atoms with E-state index in [0.29, 0.717) is 5.75 Å². The minimum atomic E-state index is -0.989. The van der Waals surface area contributed by atoms with Crippen LogP contribution in [0.3, 0.4) is 0 Å². The normalized spacial score (nSPS) is 16.4. The fourth-order valence-corrected chi connectivity index (χ4v) is 2.14. The van der Waals surface area contributed by atoms with E-state index in [-0.39, 0.29) is 29.5 Å². The molecule has 1 aliphatic carbocycles. The van der Waals surface area contributed by atoms with Gasteiger partial charge in [-0.3, -0.25) is 14.4 Å². The number of thioether (sulfide) groups is 1. The maximum absolute atomic E-state index is 12.0. The van der Waals surface area contributed by atoms with Crippen molar-refractivity contribution >= 4 is 28.8 Å². The van der Waals surface area contributed by atoms with Crippen molar-refractivity contribution in [3.63, 3.8) is 0 Å². The number of carboxylic acid groups (broad SMARTS) is 1. The first kappa shape index (κ1) is 14.0. The Morgan fingerprint density at radius 2 is 2.00 bits per heavy atom. The van der Waals surface area contributed by atoms with Crippen molar-refractivity contribution in [1.82, 2.24) is 4.90 Å². The van der Waals surface area contributed by atoms with Gasteiger partial charge in [0.1, 0.15) is 6.54 Å². The van der Waals surface area contributed by atoms with E-state index in [0.717, 1.165) is 24.6 Å². The molecular weight excluding hydrogens is 242 g/mol. The summed E-state index contributed by atoms with van der Waals surface area (Å²) in [5.74, 6) is -1.05. The summed E-state index contributed by atoms with van der Waals surface area (Å²) in [4.78, 5) is 34.9. The number of carbonyl (C=O) groups is 3. The number of carbonyl (C=O) groups excluding carboxylic acids is 2. The van der Waals surface area contributed by atoms with E-state index in [1.165, 1.54) is 11.8 Å². The molecule has 0 spiro atoms. The molecule has 0 saturated heterocycles. The first-order chi connectivity index (χ1) is 7.91. The van der Waals surface area contributed by atoms with Crippen LogP contribution in [-0.2, 0) is 14.4 Å². The molecule has 0 radical (unpaired) electrons. The number of hydrogen-bond acceptors (Lipinski definition) is 4. The Hall–Kier alpha value is -1.04. The molecule has 1 N–H and O–H groups in total. The molecule has 0 aliphatic heterocycles. The average molecular weight is 259 g/mol. The van der Waals surface area contributed by atoms with Gasteiger partial charge in [0.2, 0.25) is 5.91 Å². The zero-order valence-electron chi connectivity index (χ0n) is 10.0. The van der Waals surface area contributed by atoms with Crippen LogP contribution in [0.5, 0.6) is 0 Å². The molecule has 0 heterocycles. The van der Waals surface area contributed by atoms with E-state index in [1.54, 1.807) is 6.92 Å². The highest BCUT2D eigenvalue weighted by atomic mass is 32.2. The molecule has 1 saturated carbocycles. The summed E-state index contributed by atoms with van der Waals surface area (Å²) in [6, 6.07) is 0.0865. The quantitative estimate of drug-likeness (QED) is 0.769. The molecule has 17 heavy (non-hydrogen) atoms. The molecule has 0 aromatic heterocycles. The molecule has 0 aromatic carbocycles. The summed E-state index contributed by atoms with van der Waals surface area (Å²) in [5, 5.41) is 8.73. The smallest absolute Gasteiger partial charge is 0.323 e. The van der Waals surface area contributed by atoms with Gasteiger partial charge in [0.25, 0.3) is 0 Å². The molecule has 0 bridgehead atoms. The monoisotopic (exact) mass is 259 g/mol. The van der Waals surface area contributed by atoms with Crippen LogP contribution in [-0.4, -0.2) is 45.3 Å². The molecular formula is C11H17NO4S. The second kappa shape index (κ2) is 6.05. The summed E-state index contributed by atoms with van der Waals surface area (Å²) in [6.45, 7) is 2.95. The lowest BCUT2D eigenvalue weighted by Crippen LogP contribution is -2.41. The summed E-state index contributed by atoms with van der Waals surface area (Å²) in [7, 11) is 0. The standard InChI is InChI=1S/C11H17NO4S/c1-7(6-17-8(2)13)11(16)12(5-10(14)15)9-3-4-9/h7,9H,3-6H2,1-2H3,(H,14,15)/t7-/m1/s1. The highest BCUT2D eigenvalue weighted by Crippen LogP contribution is 2.28. The Bertz CT molecular complexity index is 327. The van der Waals surface area contributed by atoms with Crippen LogP contribution in [0.15, 0.2) is 0 Å². The van der Waals surface area contributed by atoms with Crippen molar-refractivity contribution in [1.29, 1.82) is 0 Å². The number of aliphatic carboxylic acids is 1. The Kier molecular flexibility index (Phi) is 4.99. The number of carboxylic acids is 1. The van der Waals surface area contributed by atoms with Gasteiger partial charge < -0.3 is 10.0 Å².